The SMILES string of the molecule is CNC(=O)COC(=O)CCCCCO[C@@H]1OC(CO)[C@H](O)[C@H](O[C@@H]2OC(CO)[C@@H](O)[C@H](O)C2NC(C)=O)C1O. The summed E-state index contributed by atoms with van der Waals surface area (Å²) in [5, 5.41) is 66.0. The highest BCUT2D eigenvalue weighted by Gasteiger charge is 2.51. The standard InChI is InChI=1S/C23H40N2O14/c1-11(28)25-16-19(33)17(31)12(8-26)37-22(16)39-21-18(32)13(9-27)38-23(20(21)34)35-7-5-3-4-6-15(30)36-10-14(29)24-2/h12-13,16-23,26-27,31-34H,3-10H2,1-2H3,(H,24,29)(H,25,28)/t12?,13?,16?,17-,18+,19-,20?,21+,22+,23-/m1/s1. The van der Waals surface area contributed by atoms with Gasteiger partial charge in [-0.2, -0.15) is 0 Å². The van der Waals surface area contributed by atoms with Crippen LogP contribution < -0.4 is 10.6 Å². The number of unbranched alkanes of at least 4 members (excludes halogenated alkanes) is 2. The Bertz CT molecular complexity index is 788. The summed E-state index contributed by atoms with van der Waals surface area (Å²) in [4.78, 5) is 34.4. The average molecular weight is 569 g/mol. The Morgan fingerprint density at radius 2 is 1.49 bits per heavy atom. The molecule has 16 nitrogen and oxygen atoms in total. The van der Waals surface area contributed by atoms with Crippen molar-refractivity contribution in [3.8, 4) is 0 Å². The van der Waals surface area contributed by atoms with E-state index in [0.29, 0.717) is 19.3 Å². The summed E-state index contributed by atoms with van der Waals surface area (Å²) in [6, 6.07) is -1.32. The molecule has 39 heavy (non-hydrogen) atoms. The predicted molar refractivity (Wildman–Crippen MR) is 127 cm³/mol. The third-order valence-corrected chi connectivity index (χ3v) is 6.31. The molecule has 0 aromatic carbocycles. The lowest BCUT2D eigenvalue weighted by atomic mass is 9.95. The number of likely N-dealkylation sites (N-methyl/N-ethyl adjacent to an activating group) is 1. The molecule has 0 radical (unpaired) electrons. The number of carbonyl (C=O) groups excluding carboxylic acids is 3. The van der Waals surface area contributed by atoms with E-state index < -0.39 is 92.3 Å². The number of ether oxygens (including phenoxy) is 5. The molecule has 2 amide bonds. The van der Waals surface area contributed by atoms with E-state index in [0.717, 1.165) is 6.92 Å². The Kier molecular flexibility index (Phi) is 13.9. The second-order valence-electron chi connectivity index (χ2n) is 9.26. The summed E-state index contributed by atoms with van der Waals surface area (Å²) in [5.74, 6) is -1.53. The highest BCUT2D eigenvalue weighted by Crippen LogP contribution is 2.29. The van der Waals surface area contributed by atoms with E-state index in [1.165, 1.54) is 7.05 Å². The number of hydrogen-bond acceptors (Lipinski definition) is 14. The van der Waals surface area contributed by atoms with Gasteiger partial charge in [-0.3, -0.25) is 14.4 Å². The van der Waals surface area contributed by atoms with Crippen LogP contribution in [-0.4, -0.2) is 143 Å². The van der Waals surface area contributed by atoms with Crippen LogP contribution >= 0.6 is 0 Å². The van der Waals surface area contributed by atoms with Gasteiger partial charge in [0.15, 0.2) is 19.2 Å². The van der Waals surface area contributed by atoms with E-state index in [1.54, 1.807) is 0 Å². The molecule has 2 aliphatic rings. The Morgan fingerprint density at radius 1 is 0.846 bits per heavy atom. The van der Waals surface area contributed by atoms with Crippen molar-refractivity contribution in [1.29, 1.82) is 0 Å². The Hall–Kier alpha value is -1.99. The predicted octanol–water partition coefficient (Wildman–Crippen LogP) is -4.38. The van der Waals surface area contributed by atoms with Gasteiger partial charge >= 0.3 is 5.97 Å². The summed E-state index contributed by atoms with van der Waals surface area (Å²) < 4.78 is 27.1. The van der Waals surface area contributed by atoms with Crippen LogP contribution in [0.3, 0.4) is 0 Å². The third kappa shape index (κ3) is 9.56. The molecule has 0 spiro atoms. The maximum Gasteiger partial charge on any atom is 0.306 e. The molecule has 8 N–H and O–H groups in total. The van der Waals surface area contributed by atoms with Gasteiger partial charge < -0.3 is 65.0 Å². The van der Waals surface area contributed by atoms with Crippen molar-refractivity contribution >= 4 is 17.8 Å². The summed E-state index contributed by atoms with van der Waals surface area (Å²) in [7, 11) is 1.43. The molecule has 2 heterocycles. The van der Waals surface area contributed by atoms with Crippen LogP contribution in [0.4, 0.5) is 0 Å². The molecule has 2 rings (SSSR count). The van der Waals surface area contributed by atoms with Crippen molar-refractivity contribution in [3.63, 3.8) is 0 Å². The number of esters is 1. The lowest BCUT2D eigenvalue weighted by Crippen LogP contribution is -2.67. The van der Waals surface area contributed by atoms with Crippen LogP contribution in [-0.2, 0) is 38.1 Å². The fourth-order valence-electron chi connectivity index (χ4n) is 4.13. The largest absolute Gasteiger partial charge is 0.456 e. The van der Waals surface area contributed by atoms with Crippen molar-refractivity contribution in [2.24, 2.45) is 0 Å². The van der Waals surface area contributed by atoms with Gasteiger partial charge in [0.2, 0.25) is 5.91 Å². The minimum atomic E-state index is -1.61. The number of rotatable bonds is 14. The van der Waals surface area contributed by atoms with Crippen LogP contribution in [0.15, 0.2) is 0 Å². The summed E-state index contributed by atoms with van der Waals surface area (Å²) >= 11 is 0. The number of nitrogens with one attached hydrogen (secondary N) is 2. The number of aliphatic hydroxyl groups is 6. The average Bonchev–Trinajstić information content (AvgIpc) is 2.91. The molecular formula is C23H40N2O14. The maximum absolute atomic E-state index is 11.7. The minimum absolute atomic E-state index is 0.0713. The van der Waals surface area contributed by atoms with Gasteiger partial charge in [-0.15, -0.1) is 0 Å². The van der Waals surface area contributed by atoms with E-state index in [4.69, 9.17) is 23.7 Å². The first-order valence-corrected chi connectivity index (χ1v) is 12.7. The quantitative estimate of drug-likeness (QED) is 0.0729. The first kappa shape index (κ1) is 33.2. The van der Waals surface area contributed by atoms with Crippen molar-refractivity contribution in [2.45, 2.75) is 94.0 Å². The molecule has 10 atom stereocenters. The van der Waals surface area contributed by atoms with Gasteiger partial charge in [0.05, 0.1) is 13.2 Å². The molecule has 2 fully saturated rings. The van der Waals surface area contributed by atoms with Crippen LogP contribution in [0.1, 0.15) is 32.6 Å². The van der Waals surface area contributed by atoms with Crippen molar-refractivity contribution in [2.75, 3.05) is 33.5 Å². The summed E-state index contributed by atoms with van der Waals surface area (Å²) in [6.07, 6.45) is -11.7. The summed E-state index contributed by atoms with van der Waals surface area (Å²) in [6.45, 7) is -0.477. The lowest BCUT2D eigenvalue weighted by Gasteiger charge is -2.47. The molecule has 0 aromatic rings. The molecule has 2 saturated heterocycles. The second-order valence-corrected chi connectivity index (χ2v) is 9.26. The molecule has 2 aliphatic heterocycles. The normalized spacial score (nSPS) is 34.8. The number of amides is 2. The van der Waals surface area contributed by atoms with Gasteiger partial charge in [-0.05, 0) is 12.8 Å². The smallest absolute Gasteiger partial charge is 0.306 e. The summed E-state index contributed by atoms with van der Waals surface area (Å²) in [5.41, 5.74) is 0. The van der Waals surface area contributed by atoms with Crippen LogP contribution in [0.5, 0.6) is 0 Å². The molecule has 226 valence electrons. The monoisotopic (exact) mass is 568 g/mol. The zero-order chi connectivity index (χ0) is 29.1. The van der Waals surface area contributed by atoms with Gasteiger partial charge in [-0.25, -0.2) is 0 Å². The van der Waals surface area contributed by atoms with Crippen LogP contribution in [0.25, 0.3) is 0 Å². The highest BCUT2D eigenvalue weighted by atomic mass is 16.7. The number of aliphatic hydroxyl groups excluding tert-OH is 6. The zero-order valence-electron chi connectivity index (χ0n) is 21.9. The zero-order valence-corrected chi connectivity index (χ0v) is 21.9. The lowest BCUT2D eigenvalue weighted by molar-refractivity contribution is -0.347. The fourth-order valence-corrected chi connectivity index (χ4v) is 4.13. The highest BCUT2D eigenvalue weighted by molar-refractivity contribution is 5.80. The Labute approximate surface area is 225 Å². The Balaban J connectivity index is 1.94. The molecule has 0 bridgehead atoms. The maximum atomic E-state index is 11.7. The van der Waals surface area contributed by atoms with Gasteiger partial charge in [-0.1, -0.05) is 6.42 Å². The van der Waals surface area contributed by atoms with Crippen molar-refractivity contribution < 1.29 is 68.7 Å². The van der Waals surface area contributed by atoms with Crippen LogP contribution in [0.2, 0.25) is 0 Å². The molecule has 0 saturated carbocycles. The molecular weight excluding hydrogens is 528 g/mol. The van der Waals surface area contributed by atoms with E-state index in [2.05, 4.69) is 10.6 Å². The molecule has 0 aromatic heterocycles. The number of hydrogen-bond donors (Lipinski definition) is 8. The van der Waals surface area contributed by atoms with E-state index in [9.17, 15) is 45.0 Å². The fraction of sp³-hybridized carbons (Fsp3) is 0.870. The third-order valence-electron chi connectivity index (χ3n) is 6.31. The molecule has 4 unspecified atom stereocenters. The second kappa shape index (κ2) is 16.3. The Morgan fingerprint density at radius 3 is 2.10 bits per heavy atom. The van der Waals surface area contributed by atoms with Gasteiger partial charge in [0.1, 0.15) is 48.8 Å². The van der Waals surface area contributed by atoms with E-state index >= 15 is 0 Å². The first-order valence-electron chi connectivity index (χ1n) is 12.7. The van der Waals surface area contributed by atoms with Crippen molar-refractivity contribution in [1.82, 2.24) is 10.6 Å². The minimum Gasteiger partial charge on any atom is -0.456 e. The molecule has 16 heteroatoms. The van der Waals surface area contributed by atoms with Crippen LogP contribution in [0, 0.1) is 0 Å². The van der Waals surface area contributed by atoms with Gasteiger partial charge in [0, 0.05) is 27.0 Å². The van der Waals surface area contributed by atoms with Gasteiger partial charge in [0.25, 0.3) is 5.91 Å². The first-order chi connectivity index (χ1) is 18.5. The topological polar surface area (TPSA) is 243 Å². The van der Waals surface area contributed by atoms with E-state index in [-0.39, 0.29) is 19.6 Å². The number of carbonyl (C=O) groups is 3. The molecule has 0 aliphatic carbocycles. The van der Waals surface area contributed by atoms with E-state index in [1.807, 2.05) is 0 Å². The van der Waals surface area contributed by atoms with Crippen molar-refractivity contribution in [3.05, 3.63) is 0 Å².